The van der Waals surface area contributed by atoms with Gasteiger partial charge in [-0.2, -0.15) is 0 Å². The molecule has 0 bridgehead atoms. The van der Waals surface area contributed by atoms with E-state index in [9.17, 15) is 0 Å². The number of anilines is 1. The van der Waals surface area contributed by atoms with Crippen LogP contribution in [0.1, 0.15) is 49.4 Å². The SMILES string of the molecule is CCCCOCCNc1nc2c(cc1C(N)=S)CCCC2. The largest absolute Gasteiger partial charge is 0.389 e. The first-order valence-electron chi connectivity index (χ1n) is 7.86. The molecule has 0 saturated carbocycles. The van der Waals surface area contributed by atoms with Crippen molar-refractivity contribution in [3.05, 3.63) is 22.9 Å². The molecule has 0 fully saturated rings. The van der Waals surface area contributed by atoms with Gasteiger partial charge in [0, 0.05) is 18.8 Å². The van der Waals surface area contributed by atoms with Crippen LogP contribution in [0.5, 0.6) is 0 Å². The third kappa shape index (κ3) is 4.64. The Morgan fingerprint density at radius 1 is 1.38 bits per heavy atom. The summed E-state index contributed by atoms with van der Waals surface area (Å²) in [4.78, 5) is 5.14. The van der Waals surface area contributed by atoms with E-state index in [0.717, 1.165) is 50.2 Å². The van der Waals surface area contributed by atoms with E-state index < -0.39 is 0 Å². The lowest BCUT2D eigenvalue weighted by molar-refractivity contribution is 0.141. The summed E-state index contributed by atoms with van der Waals surface area (Å²) in [5.41, 5.74) is 9.19. The number of hydrogen-bond donors (Lipinski definition) is 2. The Morgan fingerprint density at radius 3 is 2.95 bits per heavy atom. The molecule has 4 nitrogen and oxygen atoms in total. The number of fused-ring (bicyclic) bond motifs is 1. The van der Waals surface area contributed by atoms with Crippen molar-refractivity contribution in [2.24, 2.45) is 5.73 Å². The van der Waals surface area contributed by atoms with Crippen LogP contribution in [0.4, 0.5) is 5.82 Å². The predicted molar refractivity (Wildman–Crippen MR) is 91.0 cm³/mol. The average molecular weight is 307 g/mol. The summed E-state index contributed by atoms with van der Waals surface area (Å²) < 4.78 is 5.55. The third-order valence-corrected chi connectivity index (χ3v) is 3.97. The van der Waals surface area contributed by atoms with E-state index in [1.54, 1.807) is 0 Å². The molecule has 5 heteroatoms. The predicted octanol–water partition coefficient (Wildman–Crippen LogP) is 2.82. The molecule has 0 unspecified atom stereocenters. The first kappa shape index (κ1) is 16.2. The number of hydrogen-bond acceptors (Lipinski definition) is 4. The fraction of sp³-hybridized carbons (Fsp3) is 0.625. The minimum atomic E-state index is 0.408. The van der Waals surface area contributed by atoms with Crippen LogP contribution in [-0.2, 0) is 17.6 Å². The lowest BCUT2D eigenvalue weighted by Gasteiger charge is -2.19. The molecule has 2 rings (SSSR count). The minimum Gasteiger partial charge on any atom is -0.389 e. The van der Waals surface area contributed by atoms with Gasteiger partial charge in [0.05, 0.1) is 12.2 Å². The molecule has 1 heterocycles. The van der Waals surface area contributed by atoms with Crippen molar-refractivity contribution >= 4 is 23.0 Å². The number of nitrogens with two attached hydrogens (primary N) is 1. The van der Waals surface area contributed by atoms with E-state index in [-0.39, 0.29) is 0 Å². The molecule has 0 spiro atoms. The smallest absolute Gasteiger partial charge is 0.136 e. The van der Waals surface area contributed by atoms with Crippen molar-refractivity contribution < 1.29 is 4.74 Å². The Labute approximate surface area is 132 Å². The van der Waals surface area contributed by atoms with Crippen LogP contribution in [0, 0.1) is 0 Å². The second kappa shape index (κ2) is 8.29. The van der Waals surface area contributed by atoms with Crippen molar-refractivity contribution in [2.75, 3.05) is 25.1 Å². The maximum atomic E-state index is 5.84. The Hall–Kier alpha value is -1.20. The Balaban J connectivity index is 1.98. The summed E-state index contributed by atoms with van der Waals surface area (Å²) >= 11 is 5.16. The van der Waals surface area contributed by atoms with Crippen LogP contribution in [0.2, 0.25) is 0 Å². The fourth-order valence-corrected chi connectivity index (χ4v) is 2.70. The molecular formula is C16H25N3OS. The molecule has 0 aliphatic heterocycles. The van der Waals surface area contributed by atoms with Crippen LogP contribution in [-0.4, -0.2) is 29.7 Å². The highest BCUT2D eigenvalue weighted by molar-refractivity contribution is 7.80. The molecule has 1 aliphatic rings. The van der Waals surface area contributed by atoms with E-state index in [2.05, 4.69) is 18.3 Å². The second-order valence-electron chi connectivity index (χ2n) is 5.45. The third-order valence-electron chi connectivity index (χ3n) is 3.75. The quantitative estimate of drug-likeness (QED) is 0.571. The van der Waals surface area contributed by atoms with Gasteiger partial charge in [-0.3, -0.25) is 0 Å². The van der Waals surface area contributed by atoms with Gasteiger partial charge < -0.3 is 15.8 Å². The van der Waals surface area contributed by atoms with Gasteiger partial charge in [-0.25, -0.2) is 4.98 Å². The zero-order valence-corrected chi connectivity index (χ0v) is 13.6. The van der Waals surface area contributed by atoms with Gasteiger partial charge in [0.1, 0.15) is 10.8 Å². The highest BCUT2D eigenvalue weighted by atomic mass is 32.1. The second-order valence-corrected chi connectivity index (χ2v) is 5.89. The number of aryl methyl sites for hydroxylation is 2. The highest BCUT2D eigenvalue weighted by Crippen LogP contribution is 2.24. The molecule has 3 N–H and O–H groups in total. The Morgan fingerprint density at radius 2 is 2.19 bits per heavy atom. The van der Waals surface area contributed by atoms with E-state index >= 15 is 0 Å². The van der Waals surface area contributed by atoms with Crippen molar-refractivity contribution in [1.29, 1.82) is 0 Å². The molecule has 0 amide bonds. The number of unbranched alkanes of at least 4 members (excludes halogenated alkanes) is 1. The average Bonchev–Trinajstić information content (AvgIpc) is 2.49. The van der Waals surface area contributed by atoms with Crippen molar-refractivity contribution in [2.45, 2.75) is 45.4 Å². The summed E-state index contributed by atoms with van der Waals surface area (Å²) in [6, 6.07) is 2.12. The van der Waals surface area contributed by atoms with Gasteiger partial charge in [0.25, 0.3) is 0 Å². The molecule has 1 aliphatic carbocycles. The van der Waals surface area contributed by atoms with E-state index in [0.29, 0.717) is 11.6 Å². The minimum absolute atomic E-state index is 0.408. The van der Waals surface area contributed by atoms with Gasteiger partial charge in [-0.15, -0.1) is 0 Å². The monoisotopic (exact) mass is 307 g/mol. The molecule has 0 radical (unpaired) electrons. The number of nitrogens with zero attached hydrogens (tertiary/aromatic N) is 1. The molecule has 116 valence electrons. The number of aromatic nitrogens is 1. The van der Waals surface area contributed by atoms with Gasteiger partial charge in [0.2, 0.25) is 0 Å². The standard InChI is InChI=1S/C16H25N3OS/c1-2-3-9-20-10-8-18-16-13(15(17)21)11-12-6-4-5-7-14(12)19-16/h11H,2-10H2,1H3,(H2,17,21)(H,18,19). The first-order valence-corrected chi connectivity index (χ1v) is 8.27. The number of rotatable bonds is 8. The van der Waals surface area contributed by atoms with E-state index in [1.807, 2.05) is 0 Å². The topological polar surface area (TPSA) is 60.2 Å². The number of thiocarbonyl (C=S) groups is 1. The summed E-state index contributed by atoms with van der Waals surface area (Å²) in [6.45, 7) is 4.38. The first-order chi connectivity index (χ1) is 10.2. The van der Waals surface area contributed by atoms with Crippen LogP contribution in [0.25, 0.3) is 0 Å². The molecule has 0 saturated heterocycles. The summed E-state index contributed by atoms with van der Waals surface area (Å²) in [7, 11) is 0. The van der Waals surface area contributed by atoms with Crippen LogP contribution >= 0.6 is 12.2 Å². The summed E-state index contributed by atoms with van der Waals surface area (Å²) in [5, 5.41) is 3.32. The van der Waals surface area contributed by atoms with E-state index in [1.165, 1.54) is 24.1 Å². The Kier molecular flexibility index (Phi) is 6.39. The van der Waals surface area contributed by atoms with Crippen molar-refractivity contribution in [1.82, 2.24) is 4.98 Å². The fourth-order valence-electron chi connectivity index (χ4n) is 2.55. The van der Waals surface area contributed by atoms with Crippen LogP contribution < -0.4 is 11.1 Å². The molecule has 0 atom stereocenters. The van der Waals surface area contributed by atoms with Crippen molar-refractivity contribution in [3.63, 3.8) is 0 Å². The van der Waals surface area contributed by atoms with Crippen LogP contribution in [0.15, 0.2) is 6.07 Å². The number of ether oxygens (including phenoxy) is 1. The van der Waals surface area contributed by atoms with Crippen molar-refractivity contribution in [3.8, 4) is 0 Å². The maximum Gasteiger partial charge on any atom is 0.136 e. The van der Waals surface area contributed by atoms with Gasteiger partial charge in [0.15, 0.2) is 0 Å². The number of pyridine rings is 1. The van der Waals surface area contributed by atoms with Gasteiger partial charge in [-0.05, 0) is 43.7 Å². The molecular weight excluding hydrogens is 282 g/mol. The van der Waals surface area contributed by atoms with Gasteiger partial charge >= 0.3 is 0 Å². The molecule has 21 heavy (non-hydrogen) atoms. The highest BCUT2D eigenvalue weighted by Gasteiger charge is 2.16. The lowest BCUT2D eigenvalue weighted by Crippen LogP contribution is -2.20. The van der Waals surface area contributed by atoms with E-state index in [4.69, 9.17) is 27.7 Å². The molecule has 1 aromatic rings. The van der Waals surface area contributed by atoms with Gasteiger partial charge in [-0.1, -0.05) is 25.6 Å². The normalized spacial score (nSPS) is 13.8. The summed E-state index contributed by atoms with van der Waals surface area (Å²) in [6.07, 6.45) is 6.84. The molecule has 0 aromatic carbocycles. The summed E-state index contributed by atoms with van der Waals surface area (Å²) in [5.74, 6) is 0.808. The lowest BCUT2D eigenvalue weighted by atomic mass is 9.94. The Bertz CT molecular complexity index is 491. The maximum absolute atomic E-state index is 5.84. The molecule has 1 aromatic heterocycles. The zero-order chi connectivity index (χ0) is 15.1. The number of nitrogens with one attached hydrogen (secondary N) is 1. The van der Waals surface area contributed by atoms with Crippen LogP contribution in [0.3, 0.4) is 0 Å². The zero-order valence-electron chi connectivity index (χ0n) is 12.8.